The highest BCUT2D eigenvalue weighted by atomic mass is 32.2. The first kappa shape index (κ1) is 70.1. The summed E-state index contributed by atoms with van der Waals surface area (Å²) in [6.07, 6.45) is 10.7. The van der Waals surface area contributed by atoms with E-state index in [4.69, 9.17) is 37.9 Å². The third kappa shape index (κ3) is 16.9. The van der Waals surface area contributed by atoms with Crippen LogP contribution >= 0.6 is 0 Å². The topological polar surface area (TPSA) is 340 Å². The second-order valence-corrected chi connectivity index (χ2v) is 29.2. The lowest BCUT2D eigenvalue weighted by Gasteiger charge is -2.30. The fourth-order valence-electron chi connectivity index (χ4n) is 12.4. The van der Waals surface area contributed by atoms with Gasteiger partial charge in [0, 0.05) is 61.1 Å². The Morgan fingerprint density at radius 3 is 1.52 bits per heavy atom. The van der Waals surface area contributed by atoms with Gasteiger partial charge in [-0.05, 0) is 152 Å². The fraction of sp³-hybridized carbons (Fsp3) is 0.544. The van der Waals surface area contributed by atoms with Gasteiger partial charge in [0.1, 0.15) is 75.9 Å². The summed E-state index contributed by atoms with van der Waals surface area (Å²) < 4.78 is 73.5. The Balaban J connectivity index is 0.000000210. The third-order valence-corrected chi connectivity index (χ3v) is 19.5. The van der Waals surface area contributed by atoms with Crippen LogP contribution in [0, 0.1) is 11.8 Å². The molecule has 11 rings (SSSR count). The molecule has 7 aliphatic rings. The molecule has 0 unspecified atom stereocenters. The van der Waals surface area contributed by atoms with E-state index in [9.17, 15) is 47.1 Å². The molecule has 0 spiro atoms. The first-order chi connectivity index (χ1) is 45.6. The third-order valence-electron chi connectivity index (χ3n) is 17.7. The normalized spacial score (nSPS) is 28.0. The van der Waals surface area contributed by atoms with E-state index in [1.54, 1.807) is 86.4 Å². The Hall–Kier alpha value is -8.76. The second kappa shape index (κ2) is 28.9. The molecule has 28 heteroatoms. The van der Waals surface area contributed by atoms with Gasteiger partial charge in [0.25, 0.3) is 5.91 Å². The van der Waals surface area contributed by atoms with Crippen molar-refractivity contribution in [1.82, 2.24) is 45.8 Å². The van der Waals surface area contributed by atoms with Crippen LogP contribution in [-0.4, -0.2) is 193 Å². The van der Waals surface area contributed by atoms with Gasteiger partial charge in [0.15, 0.2) is 0 Å². The molecule has 2 aromatic heterocycles. The summed E-state index contributed by atoms with van der Waals surface area (Å²) >= 11 is 0. The molecule has 6 N–H and O–H groups in total. The van der Waals surface area contributed by atoms with Crippen LogP contribution in [0.15, 0.2) is 97.6 Å². The number of nitrogens with zero attached hydrogens (tertiary/aromatic N) is 4. The van der Waals surface area contributed by atoms with Gasteiger partial charge in [-0.25, -0.2) is 28.0 Å². The SMILES string of the molecule is C=C(O)[C@@]12C[C@H]1/C=C\COCCC[C@H](NC(=O)OC(C)(C)C)C(=O)N1C[C@H](Oc3nccc4cc(OC)ccc34)C[C@H]1C(=O)N2.COc1ccc2c(O[C@@H]3C[C@H]4C(=O)N[C@]5(C(=O)NS(=O)(=O)C6CC6)C[C@H]5/C=C\COCCC[C@H](NC(=O)OC(C)(C)C)C(=O)N4C3)nccc2c1. The van der Waals surface area contributed by atoms with Crippen molar-refractivity contribution in [2.75, 3.05) is 53.7 Å². The lowest BCUT2D eigenvalue weighted by molar-refractivity contribution is -0.141. The molecule has 2 aromatic carbocycles. The van der Waals surface area contributed by atoms with Crippen LogP contribution in [0.4, 0.5) is 9.59 Å². The van der Waals surface area contributed by atoms with E-state index in [2.05, 4.69) is 42.5 Å². The van der Waals surface area contributed by atoms with Crippen molar-refractivity contribution in [3.8, 4) is 23.3 Å². The molecule has 5 fully saturated rings. The van der Waals surface area contributed by atoms with Gasteiger partial charge in [0.05, 0.1) is 45.8 Å². The summed E-state index contributed by atoms with van der Waals surface area (Å²) in [6.45, 7) is 15.3. The maximum atomic E-state index is 14.3. The number of sulfonamides is 1. The van der Waals surface area contributed by atoms with Crippen molar-refractivity contribution < 1.29 is 85.0 Å². The molecule has 3 saturated carbocycles. The number of rotatable bonds is 12. The summed E-state index contributed by atoms with van der Waals surface area (Å²) in [6, 6.07) is 10.5. The van der Waals surface area contributed by atoms with Gasteiger partial charge in [0.2, 0.25) is 45.4 Å². The molecule has 2 saturated heterocycles. The number of nitrogens with one attached hydrogen (secondary N) is 5. The predicted octanol–water partition coefficient (Wildman–Crippen LogP) is 6.13. The zero-order valence-corrected chi connectivity index (χ0v) is 56.2. The van der Waals surface area contributed by atoms with Crippen LogP contribution in [0.5, 0.6) is 23.3 Å². The van der Waals surface area contributed by atoms with E-state index in [0.29, 0.717) is 74.0 Å². The zero-order valence-electron chi connectivity index (χ0n) is 55.4. The van der Waals surface area contributed by atoms with E-state index >= 15 is 0 Å². The molecule has 4 aliphatic heterocycles. The number of fused-ring (bicyclic) bond motifs is 6. The Bertz CT molecular complexity index is 3790. The van der Waals surface area contributed by atoms with Crippen molar-refractivity contribution in [2.24, 2.45) is 11.8 Å². The molecule has 3 aliphatic carbocycles. The van der Waals surface area contributed by atoms with Gasteiger partial charge in [-0.3, -0.25) is 28.7 Å². The largest absolute Gasteiger partial charge is 0.510 e. The Morgan fingerprint density at radius 2 is 1.09 bits per heavy atom. The van der Waals surface area contributed by atoms with Crippen LogP contribution in [0.25, 0.3) is 21.5 Å². The van der Waals surface area contributed by atoms with Gasteiger partial charge < -0.3 is 74.1 Å². The summed E-state index contributed by atoms with van der Waals surface area (Å²) in [5.74, 6) is -1.73. The fourth-order valence-corrected chi connectivity index (χ4v) is 13.8. The Morgan fingerprint density at radius 1 is 0.656 bits per heavy atom. The van der Waals surface area contributed by atoms with Crippen molar-refractivity contribution in [3.05, 3.63) is 97.6 Å². The predicted molar refractivity (Wildman–Crippen MR) is 350 cm³/mol. The number of carbonyl (C=O) groups excluding carboxylic acids is 7. The van der Waals surface area contributed by atoms with E-state index in [1.807, 2.05) is 54.6 Å². The van der Waals surface area contributed by atoms with Gasteiger partial charge in [-0.15, -0.1) is 0 Å². The number of amides is 7. The first-order valence-electron chi connectivity index (χ1n) is 32.4. The van der Waals surface area contributed by atoms with E-state index < -0.39 is 122 Å². The zero-order chi connectivity index (χ0) is 68.9. The molecule has 0 bridgehead atoms. The number of aliphatic hydroxyl groups is 1. The number of aliphatic hydroxyl groups excluding tert-OH is 1. The number of benzene rings is 2. The average molecular weight is 1350 g/mol. The van der Waals surface area contributed by atoms with Crippen molar-refractivity contribution in [2.45, 2.75) is 170 Å². The highest BCUT2D eigenvalue weighted by molar-refractivity contribution is 7.91. The van der Waals surface area contributed by atoms with Crippen LogP contribution in [0.3, 0.4) is 0 Å². The number of carbonyl (C=O) groups is 7. The number of alkyl carbamates (subject to hydrolysis) is 2. The van der Waals surface area contributed by atoms with Crippen molar-refractivity contribution in [1.29, 1.82) is 0 Å². The smallest absolute Gasteiger partial charge is 0.408 e. The molecule has 7 amide bonds. The van der Waals surface area contributed by atoms with Gasteiger partial charge in [-0.2, -0.15) is 0 Å². The van der Waals surface area contributed by atoms with Crippen molar-refractivity contribution in [3.63, 3.8) is 0 Å². The average Bonchev–Trinajstić information content (AvgIpc) is 1.58. The van der Waals surface area contributed by atoms with E-state index in [-0.39, 0.29) is 70.1 Å². The quantitative estimate of drug-likeness (QED) is 0.0686. The molecular formula is C68H87N9O18S. The standard InChI is InChI=1S/C35H45N5O10S.C33H42N4O8/c1-34(2,3)50-33(44)37-27-8-6-16-48-15-5-7-22-19-35(22,32(43)39-51(45,46)25-10-11-25)38-29(41)28-18-24(20-40(28)31(27)42)49-30-26-12-9-23(47-4)17-21(26)13-14-36-30;1-20(38)33-18-22(33)8-6-14-43-15-7-9-26(35-31(41)45-32(2,3)4)30(40)37-19-24(17-27(37)28(39)36-33)44-29-25-11-10-23(42-5)16-21(25)12-13-34-29/h5,7,9,12-14,17,22,24-25,27-28H,6,8,10-11,15-16,18-20H2,1-4H3,(H,37,44)(H,38,41)(H,39,43);6,8,10-13,16,22,24,26-27,38H,1,7,9,14-15,17-19H2,2-5H3,(H,35,41)(H,36,39)/b7-5-;8-6-/t22-,24-,27+,28+,35-;22-,24-,26+,27+,33+/m11/s1. The number of hydrogen-bond acceptors (Lipinski definition) is 20. The minimum Gasteiger partial charge on any atom is -0.510 e. The second-order valence-electron chi connectivity index (χ2n) is 27.2. The van der Waals surface area contributed by atoms with E-state index in [1.165, 1.54) is 9.80 Å². The molecule has 6 heterocycles. The lowest BCUT2D eigenvalue weighted by atomic mass is 10.1. The molecule has 518 valence electrons. The summed E-state index contributed by atoms with van der Waals surface area (Å²) in [5.41, 5.74) is -4.18. The summed E-state index contributed by atoms with van der Waals surface area (Å²) in [7, 11) is -0.744. The maximum Gasteiger partial charge on any atom is 0.408 e. The van der Waals surface area contributed by atoms with Gasteiger partial charge >= 0.3 is 12.2 Å². The number of pyridine rings is 2. The minimum absolute atomic E-state index is 0.0344. The molecule has 4 aromatic rings. The summed E-state index contributed by atoms with van der Waals surface area (Å²) in [5, 5.41) is 24.2. The molecule has 0 radical (unpaired) electrons. The van der Waals surface area contributed by atoms with Gasteiger partial charge in [-0.1, -0.05) is 30.9 Å². The molecule has 96 heavy (non-hydrogen) atoms. The highest BCUT2D eigenvalue weighted by Crippen LogP contribution is 2.49. The number of aromatic nitrogens is 2. The number of hydrogen-bond donors (Lipinski definition) is 6. The monoisotopic (exact) mass is 1350 g/mol. The number of ether oxygens (including phenoxy) is 8. The van der Waals surface area contributed by atoms with Crippen LogP contribution in [0.1, 0.15) is 106 Å². The molecule has 27 nitrogen and oxygen atoms in total. The summed E-state index contributed by atoms with van der Waals surface area (Å²) in [4.78, 5) is 108. The minimum atomic E-state index is -3.91. The Kier molecular flexibility index (Phi) is 21.1. The van der Waals surface area contributed by atoms with Crippen LogP contribution in [-0.2, 0) is 52.9 Å². The number of methoxy groups -OCH3 is 2. The Labute approximate surface area is 557 Å². The highest BCUT2D eigenvalue weighted by Gasteiger charge is 2.62. The first-order valence-corrected chi connectivity index (χ1v) is 34.0. The molecule has 10 atom stereocenters. The van der Waals surface area contributed by atoms with Crippen LogP contribution in [0.2, 0.25) is 0 Å². The molecular weight excluding hydrogens is 1260 g/mol. The van der Waals surface area contributed by atoms with E-state index in [0.717, 1.165) is 16.2 Å². The van der Waals surface area contributed by atoms with Crippen LogP contribution < -0.4 is 44.9 Å². The van der Waals surface area contributed by atoms with Crippen molar-refractivity contribution >= 4 is 73.3 Å². The maximum absolute atomic E-state index is 14.3. The lowest BCUT2D eigenvalue weighted by Crippen LogP contribution is -2.58.